The molecule has 0 aromatic carbocycles. The predicted octanol–water partition coefficient (Wildman–Crippen LogP) is 5.26. The fourth-order valence-electron chi connectivity index (χ4n) is 7.97. The first-order valence-electron chi connectivity index (χ1n) is 9.48. The maximum atomic E-state index is 12.0. The normalized spacial score (nSPS) is 57.0. The Hall–Kier alpha value is -0.530. The molecule has 0 saturated heterocycles. The van der Waals surface area contributed by atoms with Crippen molar-refractivity contribution in [3.8, 4) is 0 Å². The highest BCUT2D eigenvalue weighted by Gasteiger charge is 2.66. The van der Waals surface area contributed by atoms with Crippen molar-refractivity contribution in [1.29, 1.82) is 0 Å². The van der Waals surface area contributed by atoms with Crippen molar-refractivity contribution in [3.05, 3.63) is 0 Å². The van der Waals surface area contributed by atoms with Gasteiger partial charge in [-0.1, -0.05) is 20.3 Å². The molecule has 4 fully saturated rings. The maximum absolute atomic E-state index is 12.0. The van der Waals surface area contributed by atoms with Crippen molar-refractivity contribution in [1.82, 2.24) is 0 Å². The summed E-state index contributed by atoms with van der Waals surface area (Å²) in [5.74, 6) is 0.645. The van der Waals surface area contributed by atoms with E-state index in [0.717, 1.165) is 25.2 Å². The van der Waals surface area contributed by atoms with Gasteiger partial charge >= 0.3 is 5.97 Å². The van der Waals surface area contributed by atoms with Crippen LogP contribution in [0.15, 0.2) is 0 Å². The second-order valence-corrected chi connectivity index (χ2v) is 10.1. The second-order valence-electron chi connectivity index (χ2n) is 10.1. The van der Waals surface area contributed by atoms with Gasteiger partial charge in [0.25, 0.3) is 0 Å². The summed E-state index contributed by atoms with van der Waals surface area (Å²) < 4.78 is 0. The van der Waals surface area contributed by atoms with Gasteiger partial charge in [0.15, 0.2) is 0 Å². The van der Waals surface area contributed by atoms with Gasteiger partial charge in [0.1, 0.15) is 0 Å². The third-order valence-electron chi connectivity index (χ3n) is 8.97. The van der Waals surface area contributed by atoms with Gasteiger partial charge in [-0.25, -0.2) is 0 Å². The fourth-order valence-corrected chi connectivity index (χ4v) is 7.97. The van der Waals surface area contributed by atoms with Crippen LogP contribution in [0.1, 0.15) is 85.0 Å². The van der Waals surface area contributed by atoms with E-state index in [4.69, 9.17) is 0 Å². The lowest BCUT2D eigenvalue weighted by Gasteiger charge is -2.64. The van der Waals surface area contributed by atoms with Crippen molar-refractivity contribution in [3.63, 3.8) is 0 Å². The molecule has 6 atom stereocenters. The third kappa shape index (κ3) is 1.70. The Morgan fingerprint density at radius 2 is 1.64 bits per heavy atom. The summed E-state index contributed by atoms with van der Waals surface area (Å²) in [7, 11) is 0. The molecule has 22 heavy (non-hydrogen) atoms. The van der Waals surface area contributed by atoms with Crippen molar-refractivity contribution < 1.29 is 9.90 Å². The van der Waals surface area contributed by atoms with Crippen LogP contribution < -0.4 is 0 Å². The quantitative estimate of drug-likeness (QED) is 0.717. The molecule has 0 radical (unpaired) electrons. The molecule has 1 N–H and O–H groups in total. The molecule has 124 valence electrons. The summed E-state index contributed by atoms with van der Waals surface area (Å²) in [5, 5.41) is 9.92. The standard InChI is InChI=1S/C20H32O2/c1-17-9-5-15-18(2)7-4-8-19(3,16(21)22)14(18)6-10-20(15,13-17)12-11-17/h14-15H,4-13H2,1-3H3,(H,21,22)/t14?,15?,17-,18-,19+,20+/m1/s1. The largest absolute Gasteiger partial charge is 0.481 e. The Morgan fingerprint density at radius 1 is 0.909 bits per heavy atom. The van der Waals surface area contributed by atoms with Gasteiger partial charge in [-0.3, -0.25) is 4.79 Å². The molecule has 4 saturated carbocycles. The number of aliphatic carboxylic acids is 1. The summed E-state index contributed by atoms with van der Waals surface area (Å²) in [5.41, 5.74) is 0.961. The molecule has 0 aromatic heterocycles. The molecule has 2 unspecified atom stereocenters. The molecule has 4 aliphatic rings. The zero-order valence-electron chi connectivity index (χ0n) is 14.6. The van der Waals surface area contributed by atoms with E-state index in [1.807, 2.05) is 0 Å². The summed E-state index contributed by atoms with van der Waals surface area (Å²) in [6.07, 6.45) is 12.7. The third-order valence-corrected chi connectivity index (χ3v) is 8.97. The topological polar surface area (TPSA) is 37.3 Å². The van der Waals surface area contributed by atoms with Crippen LogP contribution in [-0.4, -0.2) is 11.1 Å². The van der Waals surface area contributed by atoms with Gasteiger partial charge in [0.05, 0.1) is 5.41 Å². The molecule has 0 aromatic rings. The number of carboxylic acid groups (broad SMARTS) is 1. The van der Waals surface area contributed by atoms with Crippen LogP contribution in [0.3, 0.4) is 0 Å². The molecule has 0 aliphatic heterocycles. The summed E-state index contributed by atoms with van der Waals surface area (Å²) in [6, 6.07) is 0. The van der Waals surface area contributed by atoms with Crippen LogP contribution in [0.25, 0.3) is 0 Å². The molecule has 1 spiro atoms. The Labute approximate surface area is 135 Å². The monoisotopic (exact) mass is 304 g/mol. The van der Waals surface area contributed by atoms with Crippen LogP contribution in [0, 0.1) is 33.5 Å². The minimum Gasteiger partial charge on any atom is -0.481 e. The highest BCUT2D eigenvalue weighted by molar-refractivity contribution is 5.75. The number of rotatable bonds is 1. The van der Waals surface area contributed by atoms with Crippen molar-refractivity contribution >= 4 is 5.97 Å². The van der Waals surface area contributed by atoms with Gasteiger partial charge in [-0.05, 0) is 92.8 Å². The number of hydrogen-bond donors (Lipinski definition) is 1. The average Bonchev–Trinajstić information content (AvgIpc) is 2.68. The molecule has 2 bridgehead atoms. The molecular formula is C20H32O2. The van der Waals surface area contributed by atoms with Crippen LogP contribution in [0.4, 0.5) is 0 Å². The van der Waals surface area contributed by atoms with Crippen LogP contribution in [0.2, 0.25) is 0 Å². The molecule has 0 heterocycles. The first-order valence-corrected chi connectivity index (χ1v) is 9.48. The maximum Gasteiger partial charge on any atom is 0.309 e. The minimum atomic E-state index is -0.536. The lowest BCUT2D eigenvalue weighted by atomic mass is 9.40. The van der Waals surface area contributed by atoms with Gasteiger partial charge in [0.2, 0.25) is 0 Å². The zero-order valence-corrected chi connectivity index (χ0v) is 14.6. The Kier molecular flexibility index (Phi) is 2.94. The fraction of sp³-hybridized carbons (Fsp3) is 0.950. The summed E-state index contributed by atoms with van der Waals surface area (Å²) in [4.78, 5) is 12.0. The summed E-state index contributed by atoms with van der Waals surface area (Å²) >= 11 is 0. The van der Waals surface area contributed by atoms with E-state index in [1.165, 1.54) is 44.9 Å². The van der Waals surface area contributed by atoms with Gasteiger partial charge in [-0.2, -0.15) is 0 Å². The molecule has 4 aliphatic carbocycles. The number of fused-ring (bicyclic) bond motifs is 3. The van der Waals surface area contributed by atoms with E-state index >= 15 is 0 Å². The van der Waals surface area contributed by atoms with E-state index in [9.17, 15) is 9.90 Å². The van der Waals surface area contributed by atoms with E-state index in [1.54, 1.807) is 0 Å². The van der Waals surface area contributed by atoms with Crippen molar-refractivity contribution in [2.75, 3.05) is 0 Å². The molecular weight excluding hydrogens is 272 g/mol. The molecule has 2 heteroatoms. The van der Waals surface area contributed by atoms with E-state index in [2.05, 4.69) is 20.8 Å². The number of carboxylic acids is 1. The lowest BCUT2D eigenvalue weighted by molar-refractivity contribution is -0.182. The second kappa shape index (κ2) is 4.30. The predicted molar refractivity (Wildman–Crippen MR) is 87.5 cm³/mol. The smallest absolute Gasteiger partial charge is 0.309 e. The number of carbonyl (C=O) groups is 1. The van der Waals surface area contributed by atoms with Gasteiger partial charge < -0.3 is 5.11 Å². The van der Waals surface area contributed by atoms with E-state index in [0.29, 0.717) is 16.7 Å². The Balaban J connectivity index is 1.74. The number of hydrogen-bond acceptors (Lipinski definition) is 1. The molecule has 2 nitrogen and oxygen atoms in total. The van der Waals surface area contributed by atoms with Crippen molar-refractivity contribution in [2.45, 2.75) is 85.0 Å². The van der Waals surface area contributed by atoms with Crippen LogP contribution in [0.5, 0.6) is 0 Å². The van der Waals surface area contributed by atoms with E-state index in [-0.39, 0.29) is 5.41 Å². The van der Waals surface area contributed by atoms with E-state index < -0.39 is 11.4 Å². The van der Waals surface area contributed by atoms with Gasteiger partial charge in [0, 0.05) is 0 Å². The minimum absolute atomic E-state index is 0.273. The summed E-state index contributed by atoms with van der Waals surface area (Å²) in [6.45, 7) is 7.04. The Morgan fingerprint density at radius 3 is 2.36 bits per heavy atom. The lowest BCUT2D eigenvalue weighted by Crippen LogP contribution is -2.58. The van der Waals surface area contributed by atoms with Gasteiger partial charge in [-0.15, -0.1) is 0 Å². The Bertz CT molecular complexity index is 514. The SMILES string of the molecule is C[C@@]12CCC3[C@@](CCC4[C@@]3(C)CCC[C@]4(C)C(=O)O)(CC1)C2. The first kappa shape index (κ1) is 15.0. The zero-order chi connectivity index (χ0) is 15.8. The van der Waals surface area contributed by atoms with Crippen LogP contribution >= 0.6 is 0 Å². The first-order chi connectivity index (χ1) is 10.2. The molecule has 4 rings (SSSR count). The average molecular weight is 304 g/mol. The highest BCUT2D eigenvalue weighted by Crippen LogP contribution is 2.73. The highest BCUT2D eigenvalue weighted by atomic mass is 16.4. The van der Waals surface area contributed by atoms with Crippen molar-refractivity contribution in [2.24, 2.45) is 33.5 Å². The van der Waals surface area contributed by atoms with Crippen LogP contribution in [-0.2, 0) is 4.79 Å². The molecule has 0 amide bonds.